The van der Waals surface area contributed by atoms with Crippen LogP contribution in [0.1, 0.15) is 22.3 Å². The predicted octanol–water partition coefficient (Wildman–Crippen LogP) is 6.16. The molecule has 2 aromatic carbocycles. The van der Waals surface area contributed by atoms with Gasteiger partial charge in [-0.25, -0.2) is 0 Å². The quantitative estimate of drug-likeness (QED) is 0.528. The van der Waals surface area contributed by atoms with Crippen LogP contribution in [-0.2, 0) is 23.0 Å². The van der Waals surface area contributed by atoms with Crippen molar-refractivity contribution in [1.29, 1.82) is 0 Å². The molecule has 0 radical (unpaired) electrons. The summed E-state index contributed by atoms with van der Waals surface area (Å²) in [4.78, 5) is 0. The van der Waals surface area contributed by atoms with Gasteiger partial charge in [0.15, 0.2) is 0 Å². The van der Waals surface area contributed by atoms with Crippen LogP contribution in [0.5, 0.6) is 0 Å². The summed E-state index contributed by atoms with van der Waals surface area (Å²) in [6.45, 7) is 0. The maximum atomic E-state index is 2.27. The zero-order valence-electron chi connectivity index (χ0n) is 11.1. The number of hydrogen-bond donors (Lipinski definition) is 0. The first-order valence-corrected chi connectivity index (χ1v) is 11.5. The van der Waals surface area contributed by atoms with Gasteiger partial charge in [0.25, 0.3) is 0 Å². The highest BCUT2D eigenvalue weighted by Crippen LogP contribution is 2.32. The Morgan fingerprint density at radius 3 is 0.800 bits per heavy atom. The molecule has 0 N–H and O–H groups in total. The fraction of sp³-hybridized carbons (Fsp3) is 0.250. The average molecular weight is 337 g/mol. The van der Waals surface area contributed by atoms with Gasteiger partial charge in [-0.2, -0.15) is 0 Å². The number of hydrogen-bond acceptors (Lipinski definition) is 4. The van der Waals surface area contributed by atoms with Gasteiger partial charge in [-0.3, -0.25) is 0 Å². The van der Waals surface area contributed by atoms with Crippen LogP contribution in [0.2, 0.25) is 0 Å². The highest BCUT2D eigenvalue weighted by atomic mass is 33.1. The highest BCUT2D eigenvalue weighted by molar-refractivity contribution is 8.76. The smallest absolute Gasteiger partial charge is 0.0288 e. The Hall–Kier alpha value is -0.160. The van der Waals surface area contributed by atoms with E-state index in [0.29, 0.717) is 0 Å². The van der Waals surface area contributed by atoms with E-state index in [0.717, 1.165) is 23.0 Å². The largest absolute Gasteiger partial charge is 0.0890 e. The number of benzene rings is 2. The first-order valence-electron chi connectivity index (χ1n) is 6.54. The van der Waals surface area contributed by atoms with E-state index < -0.39 is 0 Å². The predicted molar refractivity (Wildman–Crippen MR) is 98.1 cm³/mol. The van der Waals surface area contributed by atoms with Crippen LogP contribution in [0.4, 0.5) is 0 Å². The van der Waals surface area contributed by atoms with Gasteiger partial charge in [0, 0.05) is 23.0 Å². The Balaban J connectivity index is 1.71. The lowest BCUT2D eigenvalue weighted by atomic mass is 10.2. The van der Waals surface area contributed by atoms with Crippen molar-refractivity contribution in [3.05, 3.63) is 70.8 Å². The molecule has 4 heteroatoms. The first-order chi connectivity index (χ1) is 9.90. The monoisotopic (exact) mass is 336 g/mol. The molecule has 0 saturated carbocycles. The van der Waals surface area contributed by atoms with Gasteiger partial charge in [0.2, 0.25) is 0 Å². The summed E-state index contributed by atoms with van der Waals surface area (Å²) >= 11 is 0. The van der Waals surface area contributed by atoms with Crippen LogP contribution in [0.15, 0.2) is 48.5 Å². The summed E-state index contributed by atoms with van der Waals surface area (Å²) in [6.07, 6.45) is 0. The van der Waals surface area contributed by atoms with E-state index >= 15 is 0 Å². The van der Waals surface area contributed by atoms with Gasteiger partial charge in [-0.15, -0.1) is 0 Å². The van der Waals surface area contributed by atoms with Crippen LogP contribution in [0, 0.1) is 0 Å². The Labute approximate surface area is 136 Å². The second kappa shape index (κ2) is 7.74. The Morgan fingerprint density at radius 1 is 0.400 bits per heavy atom. The van der Waals surface area contributed by atoms with Gasteiger partial charge >= 0.3 is 0 Å². The van der Waals surface area contributed by atoms with E-state index in [1.807, 2.05) is 43.2 Å². The minimum absolute atomic E-state index is 1.09. The molecule has 2 aromatic rings. The summed E-state index contributed by atoms with van der Waals surface area (Å²) in [7, 11) is 7.78. The van der Waals surface area contributed by atoms with Crippen LogP contribution in [-0.4, -0.2) is 0 Å². The lowest BCUT2D eigenvalue weighted by molar-refractivity contribution is 1.34. The van der Waals surface area contributed by atoms with Gasteiger partial charge in [0.1, 0.15) is 0 Å². The molecule has 0 fully saturated rings. The third kappa shape index (κ3) is 4.42. The molecule has 4 aliphatic rings. The molecular formula is C16H16S4. The normalized spacial score (nSPS) is 16.4. The van der Waals surface area contributed by atoms with Crippen molar-refractivity contribution in [3.63, 3.8) is 0 Å². The van der Waals surface area contributed by atoms with E-state index in [2.05, 4.69) is 48.5 Å². The summed E-state index contributed by atoms with van der Waals surface area (Å²) in [6, 6.07) is 18.2. The number of rotatable bonds is 0. The summed E-state index contributed by atoms with van der Waals surface area (Å²) in [5, 5.41) is 0. The zero-order chi connectivity index (χ0) is 13.6. The fourth-order valence-electron chi connectivity index (χ4n) is 1.90. The van der Waals surface area contributed by atoms with Crippen molar-refractivity contribution in [2.75, 3.05) is 0 Å². The zero-order valence-corrected chi connectivity index (χ0v) is 14.3. The van der Waals surface area contributed by atoms with E-state index in [1.54, 1.807) is 0 Å². The van der Waals surface area contributed by atoms with Crippen molar-refractivity contribution < 1.29 is 0 Å². The molecule has 0 saturated heterocycles. The molecule has 0 nitrogen and oxygen atoms in total. The van der Waals surface area contributed by atoms with Crippen molar-refractivity contribution in [1.82, 2.24) is 0 Å². The first kappa shape index (κ1) is 14.8. The molecule has 0 unspecified atom stereocenters. The third-order valence-electron chi connectivity index (χ3n) is 3.11. The molecule has 0 amide bonds. The van der Waals surface area contributed by atoms with Crippen LogP contribution in [0.25, 0.3) is 0 Å². The summed E-state index contributed by atoms with van der Waals surface area (Å²) < 4.78 is 0. The molecule has 6 rings (SSSR count). The van der Waals surface area contributed by atoms with Crippen LogP contribution < -0.4 is 0 Å². The topological polar surface area (TPSA) is 0 Å². The van der Waals surface area contributed by atoms with Crippen molar-refractivity contribution >= 4 is 43.2 Å². The van der Waals surface area contributed by atoms with Gasteiger partial charge in [-0.05, 0) is 22.3 Å². The minimum Gasteiger partial charge on any atom is -0.0890 e. The average Bonchev–Trinajstić information content (AvgIpc) is 2.49. The second-order valence-electron chi connectivity index (χ2n) is 4.68. The van der Waals surface area contributed by atoms with Gasteiger partial charge in [0.05, 0.1) is 0 Å². The molecule has 20 heavy (non-hydrogen) atoms. The van der Waals surface area contributed by atoms with Gasteiger partial charge in [-0.1, -0.05) is 91.7 Å². The molecule has 4 bridgehead atoms. The lowest BCUT2D eigenvalue weighted by Crippen LogP contribution is -1.85. The Morgan fingerprint density at radius 2 is 0.600 bits per heavy atom. The summed E-state index contributed by atoms with van der Waals surface area (Å²) in [5.41, 5.74) is 5.69. The van der Waals surface area contributed by atoms with Crippen LogP contribution >= 0.6 is 43.2 Å². The molecule has 4 heterocycles. The Kier molecular flexibility index (Phi) is 5.71. The standard InChI is InChI=1S/C16H16S4/c1-2-14-4-3-13(1)9-17-19-11-15-5-7-16(8-6-15)12-20-18-10-14/h1-8H,9-12H2. The molecule has 104 valence electrons. The maximum absolute atomic E-state index is 2.27. The van der Waals surface area contributed by atoms with E-state index in [9.17, 15) is 0 Å². The fourth-order valence-corrected chi connectivity index (χ4v) is 6.18. The highest BCUT2D eigenvalue weighted by Gasteiger charge is 2.01. The van der Waals surface area contributed by atoms with E-state index in [-0.39, 0.29) is 0 Å². The molecule has 0 atom stereocenters. The summed E-state index contributed by atoms with van der Waals surface area (Å²) in [5.74, 6) is 4.35. The van der Waals surface area contributed by atoms with E-state index in [4.69, 9.17) is 0 Å². The Bertz CT molecular complexity index is 432. The van der Waals surface area contributed by atoms with Crippen molar-refractivity contribution in [2.45, 2.75) is 23.0 Å². The van der Waals surface area contributed by atoms with E-state index in [1.165, 1.54) is 22.3 Å². The van der Waals surface area contributed by atoms with Gasteiger partial charge < -0.3 is 0 Å². The molecule has 4 aliphatic heterocycles. The van der Waals surface area contributed by atoms with Crippen molar-refractivity contribution in [3.8, 4) is 0 Å². The minimum atomic E-state index is 1.09. The maximum Gasteiger partial charge on any atom is 0.0288 e. The molecule has 0 aromatic heterocycles. The molecule has 0 spiro atoms. The molecule has 0 aliphatic carbocycles. The lowest BCUT2D eigenvalue weighted by Gasteiger charge is -2.07. The van der Waals surface area contributed by atoms with Crippen molar-refractivity contribution in [2.24, 2.45) is 0 Å². The third-order valence-corrected chi connectivity index (χ3v) is 7.67. The SMILES string of the molecule is c1cc2ccc1CSSCc1ccc(cc1)CSSC2. The second-order valence-corrected chi connectivity index (χ2v) is 9.61. The van der Waals surface area contributed by atoms with Crippen LogP contribution in [0.3, 0.4) is 0 Å². The molecular weight excluding hydrogens is 320 g/mol.